The van der Waals surface area contributed by atoms with Crippen molar-refractivity contribution in [3.05, 3.63) is 57.5 Å². The molecule has 17 heavy (non-hydrogen) atoms. The molecule has 0 radical (unpaired) electrons. The van der Waals surface area contributed by atoms with Gasteiger partial charge < -0.3 is 5.32 Å². The van der Waals surface area contributed by atoms with Crippen molar-refractivity contribution in [1.29, 1.82) is 0 Å². The molecule has 90 valence electrons. The van der Waals surface area contributed by atoms with Crippen LogP contribution in [-0.4, -0.2) is 7.05 Å². The van der Waals surface area contributed by atoms with E-state index in [1.807, 2.05) is 19.2 Å². The SMILES string of the molecule is CNC(Cc1ccc(F)cc1)c1ccsc1C. The molecule has 0 saturated carbocycles. The Bertz CT molecular complexity index is 475. The quantitative estimate of drug-likeness (QED) is 0.871. The molecule has 3 heteroatoms. The standard InChI is InChI=1S/C14H16FNS/c1-10-13(7-8-17-10)14(16-2)9-11-3-5-12(15)6-4-11/h3-8,14,16H,9H2,1-2H3. The highest BCUT2D eigenvalue weighted by molar-refractivity contribution is 7.10. The lowest BCUT2D eigenvalue weighted by atomic mass is 10.00. The van der Waals surface area contributed by atoms with E-state index >= 15 is 0 Å². The van der Waals surface area contributed by atoms with Gasteiger partial charge in [-0.2, -0.15) is 0 Å². The Kier molecular flexibility index (Phi) is 3.92. The molecule has 1 nitrogen and oxygen atoms in total. The molecule has 0 amide bonds. The number of rotatable bonds is 4. The topological polar surface area (TPSA) is 12.0 Å². The molecule has 0 aliphatic carbocycles. The molecule has 1 aromatic heterocycles. The van der Waals surface area contributed by atoms with Gasteiger partial charge in [0.2, 0.25) is 0 Å². The number of halogens is 1. The summed E-state index contributed by atoms with van der Waals surface area (Å²) in [6.07, 6.45) is 0.883. The molecule has 1 aromatic carbocycles. The lowest BCUT2D eigenvalue weighted by Crippen LogP contribution is -2.18. The number of aryl methyl sites for hydroxylation is 1. The molecule has 0 spiro atoms. The van der Waals surface area contributed by atoms with Gasteiger partial charge >= 0.3 is 0 Å². The van der Waals surface area contributed by atoms with Crippen molar-refractivity contribution in [2.75, 3.05) is 7.05 Å². The lowest BCUT2D eigenvalue weighted by molar-refractivity contribution is 0.588. The van der Waals surface area contributed by atoms with E-state index in [-0.39, 0.29) is 5.82 Å². The third-order valence-electron chi connectivity index (χ3n) is 2.98. The average molecular weight is 249 g/mol. The number of hydrogen-bond acceptors (Lipinski definition) is 2. The van der Waals surface area contributed by atoms with E-state index in [0.29, 0.717) is 6.04 Å². The molecule has 0 fully saturated rings. The minimum atomic E-state index is -0.179. The highest BCUT2D eigenvalue weighted by Crippen LogP contribution is 2.25. The summed E-state index contributed by atoms with van der Waals surface area (Å²) in [4.78, 5) is 1.34. The monoisotopic (exact) mass is 249 g/mol. The van der Waals surface area contributed by atoms with Crippen molar-refractivity contribution in [1.82, 2.24) is 5.32 Å². The summed E-state index contributed by atoms with van der Waals surface area (Å²) in [6.45, 7) is 2.13. The first-order valence-electron chi connectivity index (χ1n) is 5.66. The summed E-state index contributed by atoms with van der Waals surface area (Å²) in [5.74, 6) is -0.179. The van der Waals surface area contributed by atoms with Crippen LogP contribution in [0.5, 0.6) is 0 Å². The van der Waals surface area contributed by atoms with Crippen LogP contribution in [0.2, 0.25) is 0 Å². The first kappa shape index (κ1) is 12.3. The maximum Gasteiger partial charge on any atom is 0.123 e. The first-order chi connectivity index (χ1) is 8.20. The van der Waals surface area contributed by atoms with E-state index in [4.69, 9.17) is 0 Å². The van der Waals surface area contributed by atoms with E-state index in [9.17, 15) is 4.39 Å². The van der Waals surface area contributed by atoms with E-state index < -0.39 is 0 Å². The molecule has 1 N–H and O–H groups in total. The Labute approximate surface area is 105 Å². The number of hydrogen-bond donors (Lipinski definition) is 1. The Morgan fingerprint density at radius 3 is 2.47 bits per heavy atom. The number of likely N-dealkylation sites (N-methyl/N-ethyl adjacent to an activating group) is 1. The summed E-state index contributed by atoms with van der Waals surface area (Å²) >= 11 is 1.76. The zero-order chi connectivity index (χ0) is 12.3. The van der Waals surface area contributed by atoms with E-state index in [2.05, 4.69) is 23.7 Å². The van der Waals surface area contributed by atoms with Gasteiger partial charge in [-0.15, -0.1) is 11.3 Å². The highest BCUT2D eigenvalue weighted by atomic mass is 32.1. The van der Waals surface area contributed by atoms with Gasteiger partial charge in [-0.05, 0) is 55.1 Å². The highest BCUT2D eigenvalue weighted by Gasteiger charge is 2.13. The minimum absolute atomic E-state index is 0.179. The third kappa shape index (κ3) is 2.93. The van der Waals surface area contributed by atoms with Crippen LogP contribution in [0.15, 0.2) is 35.7 Å². The predicted octanol–water partition coefficient (Wildman–Crippen LogP) is 3.70. The van der Waals surface area contributed by atoms with Crippen LogP contribution in [0.4, 0.5) is 4.39 Å². The van der Waals surface area contributed by atoms with Crippen molar-refractivity contribution in [3.8, 4) is 0 Å². The molecule has 0 bridgehead atoms. The summed E-state index contributed by atoms with van der Waals surface area (Å²) in [5, 5.41) is 5.43. The van der Waals surface area contributed by atoms with Crippen molar-refractivity contribution in [2.24, 2.45) is 0 Å². The van der Waals surface area contributed by atoms with Crippen molar-refractivity contribution in [2.45, 2.75) is 19.4 Å². The Hall–Kier alpha value is -1.19. The van der Waals surface area contributed by atoms with E-state index in [0.717, 1.165) is 12.0 Å². The van der Waals surface area contributed by atoms with Gasteiger partial charge in [0.05, 0.1) is 0 Å². The van der Waals surface area contributed by atoms with Crippen molar-refractivity contribution >= 4 is 11.3 Å². The molecular formula is C14H16FNS. The van der Waals surface area contributed by atoms with Crippen LogP contribution in [0.3, 0.4) is 0 Å². The van der Waals surface area contributed by atoms with Crippen LogP contribution < -0.4 is 5.32 Å². The zero-order valence-electron chi connectivity index (χ0n) is 10.0. The number of nitrogens with one attached hydrogen (secondary N) is 1. The summed E-state index contributed by atoms with van der Waals surface area (Å²) in [6, 6.07) is 9.19. The smallest absolute Gasteiger partial charge is 0.123 e. The largest absolute Gasteiger partial charge is 0.313 e. The van der Waals surface area contributed by atoms with Gasteiger partial charge in [-0.3, -0.25) is 0 Å². The van der Waals surface area contributed by atoms with Gasteiger partial charge in [0.15, 0.2) is 0 Å². The number of thiophene rings is 1. The van der Waals surface area contributed by atoms with Gasteiger partial charge in [-0.25, -0.2) is 4.39 Å². The van der Waals surface area contributed by atoms with Gasteiger partial charge in [0.1, 0.15) is 5.82 Å². The summed E-state index contributed by atoms with van der Waals surface area (Å²) < 4.78 is 12.8. The molecule has 2 rings (SSSR count). The second-order valence-electron chi connectivity index (χ2n) is 4.10. The van der Waals surface area contributed by atoms with Crippen molar-refractivity contribution in [3.63, 3.8) is 0 Å². The van der Waals surface area contributed by atoms with E-state index in [1.165, 1.54) is 22.6 Å². The summed E-state index contributed by atoms with van der Waals surface area (Å²) in [7, 11) is 1.96. The Morgan fingerprint density at radius 1 is 1.24 bits per heavy atom. The Balaban J connectivity index is 2.16. The number of benzene rings is 1. The fourth-order valence-electron chi connectivity index (χ4n) is 1.98. The molecule has 0 aliphatic rings. The summed E-state index contributed by atoms with van der Waals surface area (Å²) in [5.41, 5.74) is 2.48. The van der Waals surface area contributed by atoms with E-state index in [1.54, 1.807) is 11.3 Å². The Morgan fingerprint density at radius 2 is 1.94 bits per heavy atom. The maximum atomic E-state index is 12.8. The molecule has 2 aromatic rings. The fourth-order valence-corrected chi connectivity index (χ4v) is 2.75. The zero-order valence-corrected chi connectivity index (χ0v) is 10.9. The molecule has 1 unspecified atom stereocenters. The van der Waals surface area contributed by atoms with Crippen LogP contribution in [-0.2, 0) is 6.42 Å². The second kappa shape index (κ2) is 5.43. The minimum Gasteiger partial charge on any atom is -0.313 e. The van der Waals surface area contributed by atoms with Gasteiger partial charge in [-0.1, -0.05) is 12.1 Å². The normalized spacial score (nSPS) is 12.6. The first-order valence-corrected chi connectivity index (χ1v) is 6.54. The molecule has 1 atom stereocenters. The third-order valence-corrected chi connectivity index (χ3v) is 3.84. The van der Waals surface area contributed by atoms with Gasteiger partial charge in [0, 0.05) is 10.9 Å². The fraction of sp³-hybridized carbons (Fsp3) is 0.286. The van der Waals surface area contributed by atoms with Gasteiger partial charge in [0.25, 0.3) is 0 Å². The molecule has 0 saturated heterocycles. The molecule has 1 heterocycles. The average Bonchev–Trinajstić information content (AvgIpc) is 2.75. The molecule has 0 aliphatic heterocycles. The second-order valence-corrected chi connectivity index (χ2v) is 5.22. The van der Waals surface area contributed by atoms with Crippen LogP contribution in [0, 0.1) is 12.7 Å². The van der Waals surface area contributed by atoms with Crippen LogP contribution in [0.25, 0.3) is 0 Å². The maximum absolute atomic E-state index is 12.8. The lowest BCUT2D eigenvalue weighted by Gasteiger charge is -2.16. The van der Waals surface area contributed by atoms with Crippen LogP contribution >= 0.6 is 11.3 Å². The predicted molar refractivity (Wildman–Crippen MR) is 71.0 cm³/mol. The van der Waals surface area contributed by atoms with Crippen molar-refractivity contribution < 1.29 is 4.39 Å². The molecular weight excluding hydrogens is 233 g/mol. The van der Waals surface area contributed by atoms with Crippen LogP contribution in [0.1, 0.15) is 22.0 Å².